The van der Waals surface area contributed by atoms with E-state index in [1.807, 2.05) is 11.3 Å². The molecule has 0 aliphatic carbocycles. The highest BCUT2D eigenvalue weighted by Gasteiger charge is 2.08. The summed E-state index contributed by atoms with van der Waals surface area (Å²) < 4.78 is 1.34. The first-order valence-corrected chi connectivity index (χ1v) is 7.96. The van der Waals surface area contributed by atoms with Crippen molar-refractivity contribution < 1.29 is 0 Å². The molecule has 2 aromatic carbocycles. The molecule has 0 aliphatic rings. The molecule has 2 aromatic heterocycles. The first-order chi connectivity index (χ1) is 10.3. The number of thiophene rings is 1. The van der Waals surface area contributed by atoms with Crippen molar-refractivity contribution in [1.29, 1.82) is 0 Å². The summed E-state index contributed by atoms with van der Waals surface area (Å²) in [6.07, 6.45) is 2.99. The monoisotopic (exact) mass is 364 g/mol. The molecule has 3 N–H and O–H groups in total. The fourth-order valence-corrected chi connectivity index (χ4v) is 3.88. The normalized spacial score (nSPS) is 10.5. The number of aromatic amines is 1. The van der Waals surface area contributed by atoms with Crippen molar-refractivity contribution in [2.75, 3.05) is 6.54 Å². The van der Waals surface area contributed by atoms with Crippen molar-refractivity contribution in [3.63, 3.8) is 0 Å². The summed E-state index contributed by atoms with van der Waals surface area (Å²) in [5.41, 5.74) is 9.46. The molecular weight excluding hydrogens is 347 g/mol. The van der Waals surface area contributed by atoms with Crippen LogP contribution in [0.4, 0.5) is 0 Å². The number of benzene rings is 2. The minimum absolute atomic E-state index is 0. The van der Waals surface area contributed by atoms with Crippen LogP contribution in [-0.4, -0.2) is 11.5 Å². The Hall–Kier alpha value is -1.52. The van der Waals surface area contributed by atoms with Gasteiger partial charge in [0.2, 0.25) is 0 Å². The van der Waals surface area contributed by atoms with Gasteiger partial charge in [0.25, 0.3) is 0 Å². The van der Waals surface area contributed by atoms with Crippen LogP contribution in [0.1, 0.15) is 5.56 Å². The molecule has 5 heteroatoms. The van der Waals surface area contributed by atoms with Crippen LogP contribution >= 0.6 is 36.2 Å². The van der Waals surface area contributed by atoms with Crippen LogP contribution < -0.4 is 5.73 Å². The number of hydrogen-bond donors (Lipinski definition) is 2. The van der Waals surface area contributed by atoms with Gasteiger partial charge in [0.15, 0.2) is 0 Å². The average Bonchev–Trinajstić information content (AvgIpc) is 3.11. The van der Waals surface area contributed by atoms with Crippen LogP contribution in [-0.2, 0) is 6.42 Å². The van der Waals surface area contributed by atoms with Gasteiger partial charge in [0.05, 0.1) is 0 Å². The van der Waals surface area contributed by atoms with Gasteiger partial charge >= 0.3 is 0 Å². The van der Waals surface area contributed by atoms with E-state index in [1.165, 1.54) is 37.0 Å². The number of halogens is 2. The van der Waals surface area contributed by atoms with Crippen molar-refractivity contribution >= 4 is 57.1 Å². The maximum Gasteiger partial charge on any atom is 0.0457 e. The van der Waals surface area contributed by atoms with Gasteiger partial charge in [0, 0.05) is 26.7 Å². The number of H-pyrrole nitrogens is 1. The van der Waals surface area contributed by atoms with Crippen molar-refractivity contribution in [3.8, 4) is 10.4 Å². The van der Waals surface area contributed by atoms with Crippen LogP contribution in [0.3, 0.4) is 0 Å². The first kappa shape index (κ1) is 17.8. The third kappa shape index (κ3) is 3.24. The van der Waals surface area contributed by atoms with Gasteiger partial charge in [-0.05, 0) is 53.7 Å². The van der Waals surface area contributed by atoms with Gasteiger partial charge in [-0.15, -0.1) is 36.2 Å². The van der Waals surface area contributed by atoms with Gasteiger partial charge in [-0.1, -0.05) is 24.3 Å². The van der Waals surface area contributed by atoms with Crippen molar-refractivity contribution in [2.45, 2.75) is 6.42 Å². The zero-order valence-corrected chi connectivity index (χ0v) is 14.9. The highest BCUT2D eigenvalue weighted by molar-refractivity contribution is 7.22. The summed E-state index contributed by atoms with van der Waals surface area (Å²) in [5.74, 6) is 0. The number of aromatic nitrogens is 1. The minimum atomic E-state index is 0. The Morgan fingerprint density at radius 3 is 2.61 bits per heavy atom. The molecule has 23 heavy (non-hydrogen) atoms. The lowest BCUT2D eigenvalue weighted by Gasteiger charge is -2.00. The topological polar surface area (TPSA) is 41.8 Å². The highest BCUT2D eigenvalue weighted by Crippen LogP contribution is 2.35. The van der Waals surface area contributed by atoms with Crippen LogP contribution in [0.5, 0.6) is 0 Å². The first-order valence-electron chi connectivity index (χ1n) is 7.14. The number of hydrogen-bond acceptors (Lipinski definition) is 2. The summed E-state index contributed by atoms with van der Waals surface area (Å²) in [7, 11) is 0. The summed E-state index contributed by atoms with van der Waals surface area (Å²) in [4.78, 5) is 4.64. The van der Waals surface area contributed by atoms with E-state index >= 15 is 0 Å². The van der Waals surface area contributed by atoms with Gasteiger partial charge in [0.1, 0.15) is 0 Å². The van der Waals surface area contributed by atoms with Crippen molar-refractivity contribution in [3.05, 3.63) is 60.3 Å². The summed E-state index contributed by atoms with van der Waals surface area (Å²) >= 11 is 1.85. The third-order valence-corrected chi connectivity index (χ3v) is 5.06. The quantitative estimate of drug-likeness (QED) is 0.502. The van der Waals surface area contributed by atoms with Crippen LogP contribution in [0.15, 0.2) is 54.7 Å². The second kappa shape index (κ2) is 7.37. The Bertz CT molecular complexity index is 894. The van der Waals surface area contributed by atoms with Gasteiger partial charge in [-0.3, -0.25) is 0 Å². The van der Waals surface area contributed by atoms with E-state index < -0.39 is 0 Å². The number of fused-ring (bicyclic) bond motifs is 2. The van der Waals surface area contributed by atoms with E-state index in [0.29, 0.717) is 6.54 Å². The van der Waals surface area contributed by atoms with Crippen molar-refractivity contribution in [2.24, 2.45) is 5.73 Å². The Labute approximate surface area is 151 Å². The molecule has 120 valence electrons. The van der Waals surface area contributed by atoms with Gasteiger partial charge in [-0.2, -0.15) is 0 Å². The molecule has 0 spiro atoms. The fraction of sp³-hybridized carbons (Fsp3) is 0.111. The Balaban J connectivity index is 0.000000960. The molecule has 0 bridgehead atoms. The number of nitrogens with one attached hydrogen (secondary N) is 1. The molecular formula is C18H18Cl2N2S. The third-order valence-electron chi connectivity index (χ3n) is 3.89. The van der Waals surface area contributed by atoms with E-state index in [-0.39, 0.29) is 24.8 Å². The largest absolute Gasteiger partial charge is 0.361 e. The van der Waals surface area contributed by atoms with E-state index in [0.717, 1.165) is 6.42 Å². The molecule has 0 unspecified atom stereocenters. The Morgan fingerprint density at radius 1 is 1.00 bits per heavy atom. The number of rotatable bonds is 3. The van der Waals surface area contributed by atoms with E-state index in [4.69, 9.17) is 5.73 Å². The smallest absolute Gasteiger partial charge is 0.0457 e. The van der Waals surface area contributed by atoms with E-state index in [2.05, 4.69) is 59.7 Å². The second-order valence-corrected chi connectivity index (χ2v) is 6.35. The maximum absolute atomic E-state index is 5.70. The van der Waals surface area contributed by atoms with Crippen LogP contribution in [0, 0.1) is 0 Å². The zero-order valence-electron chi connectivity index (χ0n) is 12.4. The second-order valence-electron chi connectivity index (χ2n) is 5.26. The molecule has 2 nitrogen and oxygen atoms in total. The Morgan fingerprint density at radius 2 is 1.83 bits per heavy atom. The maximum atomic E-state index is 5.70. The van der Waals surface area contributed by atoms with Gasteiger partial charge in [-0.25, -0.2) is 0 Å². The molecule has 0 atom stereocenters. The molecule has 0 saturated carbocycles. The minimum Gasteiger partial charge on any atom is -0.361 e. The highest BCUT2D eigenvalue weighted by atomic mass is 35.5. The number of nitrogens with two attached hydrogens (primary N) is 1. The standard InChI is InChI=1S/C18H16N2S.2ClH/c19-8-7-14-11-20-16-6-5-13(9-15(14)16)18-10-12-3-1-2-4-17(12)21-18;;/h1-6,9-11,20H,7-8,19H2;2*1H. The SMILES string of the molecule is Cl.Cl.NCCc1c[nH]c2ccc(-c3cc4ccccc4s3)cc12. The molecule has 4 aromatic rings. The summed E-state index contributed by atoms with van der Waals surface area (Å²) in [5, 5.41) is 2.60. The van der Waals surface area contributed by atoms with E-state index in [1.54, 1.807) is 0 Å². The van der Waals surface area contributed by atoms with Crippen LogP contribution in [0.2, 0.25) is 0 Å². The molecule has 0 aliphatic heterocycles. The molecule has 2 heterocycles. The van der Waals surface area contributed by atoms with Crippen LogP contribution in [0.25, 0.3) is 31.4 Å². The molecule has 0 amide bonds. The van der Waals surface area contributed by atoms with Crippen molar-refractivity contribution in [1.82, 2.24) is 4.98 Å². The summed E-state index contributed by atoms with van der Waals surface area (Å²) in [6, 6.07) is 17.4. The zero-order chi connectivity index (χ0) is 14.2. The predicted octanol–water partition coefficient (Wildman–Crippen LogP) is 5.39. The fourth-order valence-electron chi connectivity index (χ4n) is 2.82. The average molecular weight is 365 g/mol. The molecule has 0 saturated heterocycles. The Kier molecular flexibility index (Phi) is 5.71. The molecule has 0 radical (unpaired) electrons. The lowest BCUT2D eigenvalue weighted by Crippen LogP contribution is -2.01. The molecule has 0 fully saturated rings. The predicted molar refractivity (Wildman–Crippen MR) is 106 cm³/mol. The van der Waals surface area contributed by atoms with Gasteiger partial charge < -0.3 is 10.7 Å². The van der Waals surface area contributed by atoms with E-state index in [9.17, 15) is 0 Å². The lowest BCUT2D eigenvalue weighted by atomic mass is 10.1. The molecule has 4 rings (SSSR count). The lowest BCUT2D eigenvalue weighted by molar-refractivity contribution is 0.976. The summed E-state index contributed by atoms with van der Waals surface area (Å²) in [6.45, 7) is 0.681.